The van der Waals surface area contributed by atoms with E-state index in [1.165, 1.54) is 18.2 Å². The molecule has 0 saturated heterocycles. The van der Waals surface area contributed by atoms with Gasteiger partial charge in [0.1, 0.15) is 11.6 Å². The van der Waals surface area contributed by atoms with Crippen molar-refractivity contribution in [2.75, 3.05) is 17.2 Å². The summed E-state index contributed by atoms with van der Waals surface area (Å²) in [6, 6.07) is 13.5. The highest BCUT2D eigenvalue weighted by molar-refractivity contribution is 5.84. The van der Waals surface area contributed by atoms with E-state index in [-0.39, 0.29) is 30.9 Å². The molecule has 0 aliphatic heterocycles. The number of nitrogens with zero attached hydrogens (tertiary/aromatic N) is 4. The average Bonchev–Trinajstić information content (AvgIpc) is 3.21. The van der Waals surface area contributed by atoms with Crippen LogP contribution in [0, 0.1) is 11.7 Å². The maximum atomic E-state index is 13.6. The Balaban J connectivity index is 1.71. The molecule has 0 aliphatic carbocycles. The van der Waals surface area contributed by atoms with Crippen molar-refractivity contribution in [3.05, 3.63) is 71.8 Å². The fourth-order valence-corrected chi connectivity index (χ4v) is 3.49. The molecular formula is C24H27FN6O2. The number of fused-ring (bicyclic) bond motifs is 1. The standard InChI is InChI=1S/C24H27FN6O2/c1-15(2)19(13-32)28-24-29-22(26-11-17-10-18(25)8-9-20(17)33)21-23(30-24)31(14-27-21)12-16-6-4-3-5-7-16/h3-10,14-15,19,32-33H,11-13H2,1-2H3,(H2,26,28,29,30). The Morgan fingerprint density at radius 2 is 1.88 bits per heavy atom. The quantitative estimate of drug-likeness (QED) is 0.307. The molecule has 0 bridgehead atoms. The zero-order valence-electron chi connectivity index (χ0n) is 18.5. The molecule has 1 unspecified atom stereocenters. The first-order valence-electron chi connectivity index (χ1n) is 10.8. The van der Waals surface area contributed by atoms with Crippen LogP contribution < -0.4 is 10.6 Å². The molecule has 4 rings (SSSR count). The molecule has 0 fully saturated rings. The Hall–Kier alpha value is -3.72. The summed E-state index contributed by atoms with van der Waals surface area (Å²) in [4.78, 5) is 13.7. The molecule has 33 heavy (non-hydrogen) atoms. The Kier molecular flexibility index (Phi) is 6.69. The Morgan fingerprint density at radius 1 is 1.09 bits per heavy atom. The van der Waals surface area contributed by atoms with Crippen LogP contribution in [0.2, 0.25) is 0 Å². The van der Waals surface area contributed by atoms with E-state index in [0.717, 1.165) is 5.56 Å². The molecule has 172 valence electrons. The van der Waals surface area contributed by atoms with Crippen molar-refractivity contribution >= 4 is 22.9 Å². The molecule has 4 aromatic rings. The lowest BCUT2D eigenvalue weighted by Gasteiger charge is -2.20. The molecule has 2 aromatic carbocycles. The largest absolute Gasteiger partial charge is 0.508 e. The monoisotopic (exact) mass is 450 g/mol. The zero-order valence-corrected chi connectivity index (χ0v) is 18.5. The van der Waals surface area contributed by atoms with Gasteiger partial charge >= 0.3 is 0 Å². The smallest absolute Gasteiger partial charge is 0.227 e. The van der Waals surface area contributed by atoms with Crippen molar-refractivity contribution in [1.82, 2.24) is 19.5 Å². The fourth-order valence-electron chi connectivity index (χ4n) is 3.49. The van der Waals surface area contributed by atoms with Crippen LogP contribution in [0.4, 0.5) is 16.2 Å². The van der Waals surface area contributed by atoms with E-state index in [4.69, 9.17) is 0 Å². The van der Waals surface area contributed by atoms with E-state index in [1.807, 2.05) is 48.7 Å². The number of aromatic nitrogens is 4. The molecule has 0 radical (unpaired) electrons. The van der Waals surface area contributed by atoms with Gasteiger partial charge in [0.15, 0.2) is 17.0 Å². The molecule has 0 amide bonds. The molecular weight excluding hydrogens is 423 g/mol. The number of phenols is 1. The maximum absolute atomic E-state index is 13.6. The van der Waals surface area contributed by atoms with Gasteiger partial charge in [0.2, 0.25) is 5.95 Å². The van der Waals surface area contributed by atoms with E-state index in [2.05, 4.69) is 25.6 Å². The minimum Gasteiger partial charge on any atom is -0.508 e. The lowest BCUT2D eigenvalue weighted by Crippen LogP contribution is -2.30. The van der Waals surface area contributed by atoms with Crippen molar-refractivity contribution in [1.29, 1.82) is 0 Å². The number of rotatable bonds is 9. The third kappa shape index (κ3) is 5.20. The molecule has 0 spiro atoms. The topological polar surface area (TPSA) is 108 Å². The van der Waals surface area contributed by atoms with Gasteiger partial charge in [-0.15, -0.1) is 0 Å². The second-order valence-corrected chi connectivity index (χ2v) is 8.23. The first kappa shape index (κ1) is 22.5. The highest BCUT2D eigenvalue weighted by Crippen LogP contribution is 2.25. The first-order chi connectivity index (χ1) is 15.9. The normalized spacial score (nSPS) is 12.3. The number of aromatic hydroxyl groups is 1. The maximum Gasteiger partial charge on any atom is 0.227 e. The highest BCUT2D eigenvalue weighted by atomic mass is 19.1. The van der Waals surface area contributed by atoms with Crippen LogP contribution in [0.15, 0.2) is 54.9 Å². The fraction of sp³-hybridized carbons (Fsp3) is 0.292. The average molecular weight is 451 g/mol. The number of aliphatic hydroxyl groups excluding tert-OH is 1. The van der Waals surface area contributed by atoms with Crippen molar-refractivity contribution in [2.45, 2.75) is 33.0 Å². The Bertz CT molecular complexity index is 1230. The molecule has 4 N–H and O–H groups in total. The SMILES string of the molecule is CC(C)C(CO)Nc1nc(NCc2cc(F)ccc2O)c2ncn(Cc3ccccc3)c2n1. The summed E-state index contributed by atoms with van der Waals surface area (Å²) in [5, 5.41) is 26.2. The van der Waals surface area contributed by atoms with E-state index in [1.54, 1.807) is 6.33 Å². The van der Waals surface area contributed by atoms with Crippen LogP contribution in [0.25, 0.3) is 11.2 Å². The van der Waals surface area contributed by atoms with Crippen molar-refractivity contribution in [2.24, 2.45) is 5.92 Å². The van der Waals surface area contributed by atoms with Crippen LogP contribution >= 0.6 is 0 Å². The van der Waals surface area contributed by atoms with Crippen LogP contribution in [0.5, 0.6) is 5.75 Å². The molecule has 9 heteroatoms. The van der Waals surface area contributed by atoms with Gasteiger partial charge in [0.05, 0.1) is 25.5 Å². The van der Waals surface area contributed by atoms with Gasteiger partial charge in [0, 0.05) is 12.1 Å². The van der Waals surface area contributed by atoms with Crippen LogP contribution in [-0.4, -0.2) is 42.4 Å². The summed E-state index contributed by atoms with van der Waals surface area (Å²) in [6.07, 6.45) is 1.70. The number of phenolic OH excluding ortho intramolecular Hbond substituents is 1. The van der Waals surface area contributed by atoms with E-state index < -0.39 is 5.82 Å². The molecule has 8 nitrogen and oxygen atoms in total. The van der Waals surface area contributed by atoms with Crippen molar-refractivity contribution in [3.8, 4) is 5.75 Å². The first-order valence-corrected chi connectivity index (χ1v) is 10.8. The van der Waals surface area contributed by atoms with Gasteiger partial charge in [-0.05, 0) is 29.7 Å². The second kappa shape index (κ2) is 9.83. The van der Waals surface area contributed by atoms with Crippen LogP contribution in [0.1, 0.15) is 25.0 Å². The number of imidazole rings is 1. The van der Waals surface area contributed by atoms with Gasteiger partial charge in [-0.3, -0.25) is 0 Å². The van der Waals surface area contributed by atoms with E-state index in [0.29, 0.717) is 35.0 Å². The van der Waals surface area contributed by atoms with Gasteiger partial charge < -0.3 is 25.4 Å². The summed E-state index contributed by atoms with van der Waals surface area (Å²) < 4.78 is 15.6. The van der Waals surface area contributed by atoms with Crippen LogP contribution in [0.3, 0.4) is 0 Å². The minimum absolute atomic E-state index is 0.0118. The number of aliphatic hydroxyl groups is 1. The second-order valence-electron chi connectivity index (χ2n) is 8.23. The van der Waals surface area contributed by atoms with Gasteiger partial charge in [-0.1, -0.05) is 44.2 Å². The van der Waals surface area contributed by atoms with E-state index in [9.17, 15) is 14.6 Å². The number of halogens is 1. The minimum atomic E-state index is -0.436. The number of benzene rings is 2. The van der Waals surface area contributed by atoms with E-state index >= 15 is 0 Å². The van der Waals surface area contributed by atoms with Gasteiger partial charge in [-0.25, -0.2) is 9.37 Å². The molecule has 2 heterocycles. The Morgan fingerprint density at radius 3 is 2.61 bits per heavy atom. The summed E-state index contributed by atoms with van der Waals surface area (Å²) in [5.41, 5.74) is 2.66. The number of hydrogen-bond acceptors (Lipinski definition) is 7. The number of hydrogen-bond donors (Lipinski definition) is 4. The summed E-state index contributed by atoms with van der Waals surface area (Å²) in [7, 11) is 0. The van der Waals surface area contributed by atoms with Gasteiger partial charge in [0.25, 0.3) is 0 Å². The molecule has 0 saturated carbocycles. The number of anilines is 2. The summed E-state index contributed by atoms with van der Waals surface area (Å²) in [5.74, 6) is 0.496. The Labute approximate surface area is 191 Å². The van der Waals surface area contributed by atoms with Crippen molar-refractivity contribution < 1.29 is 14.6 Å². The predicted molar refractivity (Wildman–Crippen MR) is 126 cm³/mol. The van der Waals surface area contributed by atoms with Crippen molar-refractivity contribution in [3.63, 3.8) is 0 Å². The lowest BCUT2D eigenvalue weighted by molar-refractivity contribution is 0.248. The van der Waals surface area contributed by atoms with Crippen LogP contribution in [-0.2, 0) is 13.1 Å². The molecule has 2 aromatic heterocycles. The molecule has 1 atom stereocenters. The third-order valence-corrected chi connectivity index (χ3v) is 5.46. The highest BCUT2D eigenvalue weighted by Gasteiger charge is 2.18. The lowest BCUT2D eigenvalue weighted by atomic mass is 10.1. The summed E-state index contributed by atoms with van der Waals surface area (Å²) in [6.45, 7) is 4.65. The molecule has 0 aliphatic rings. The predicted octanol–water partition coefficient (Wildman–Crippen LogP) is 3.76. The number of nitrogens with one attached hydrogen (secondary N) is 2. The summed E-state index contributed by atoms with van der Waals surface area (Å²) >= 11 is 0. The van der Waals surface area contributed by atoms with Gasteiger partial charge in [-0.2, -0.15) is 9.97 Å². The zero-order chi connectivity index (χ0) is 23.4. The third-order valence-electron chi connectivity index (χ3n) is 5.46.